The van der Waals surface area contributed by atoms with Gasteiger partial charge in [-0.2, -0.15) is 0 Å². The summed E-state index contributed by atoms with van der Waals surface area (Å²) in [6.45, 7) is 0.571. The molecule has 0 saturated heterocycles. The van der Waals surface area contributed by atoms with E-state index in [9.17, 15) is 8.42 Å². The van der Waals surface area contributed by atoms with E-state index in [1.54, 1.807) is 18.2 Å². The smallest absolute Gasteiger partial charge is 0.177 e. The maximum Gasteiger partial charge on any atom is 0.177 e. The van der Waals surface area contributed by atoms with Crippen molar-refractivity contribution in [3.8, 4) is 5.75 Å². The van der Waals surface area contributed by atoms with Crippen LogP contribution < -0.4 is 10.1 Å². The van der Waals surface area contributed by atoms with Gasteiger partial charge in [-0.05, 0) is 23.8 Å². The first-order valence-corrected chi connectivity index (χ1v) is 8.71. The van der Waals surface area contributed by atoms with Crippen LogP contribution in [0, 0.1) is 0 Å². The summed E-state index contributed by atoms with van der Waals surface area (Å²) in [5.74, 6) is 0.917. The fraction of sp³-hybridized carbons (Fsp3) is 0.250. The third kappa shape index (κ3) is 3.03. The van der Waals surface area contributed by atoms with E-state index in [1.807, 2.05) is 24.3 Å². The number of fused-ring (bicyclic) bond motifs is 1. The maximum atomic E-state index is 11.8. The van der Waals surface area contributed by atoms with Gasteiger partial charge in [0.1, 0.15) is 11.9 Å². The van der Waals surface area contributed by atoms with Crippen LogP contribution >= 0.6 is 0 Å². The number of ether oxygens (including phenoxy) is 1. The Balaban J connectivity index is 1.70. The van der Waals surface area contributed by atoms with E-state index in [-0.39, 0.29) is 6.10 Å². The predicted octanol–water partition coefficient (Wildman–Crippen LogP) is 2.51. The van der Waals surface area contributed by atoms with Crippen molar-refractivity contribution in [1.82, 2.24) is 0 Å². The zero-order valence-corrected chi connectivity index (χ0v) is 12.6. The number of hydrogen-bond acceptors (Lipinski definition) is 4. The summed E-state index contributed by atoms with van der Waals surface area (Å²) in [6, 6.07) is 14.9. The van der Waals surface area contributed by atoms with Crippen molar-refractivity contribution >= 4 is 15.5 Å². The van der Waals surface area contributed by atoms with Gasteiger partial charge >= 0.3 is 0 Å². The molecule has 0 amide bonds. The second-order valence-corrected chi connectivity index (χ2v) is 7.19. The molecule has 110 valence electrons. The molecule has 3 rings (SSSR count). The van der Waals surface area contributed by atoms with Crippen LogP contribution in [-0.4, -0.2) is 27.3 Å². The summed E-state index contributed by atoms with van der Waals surface area (Å²) in [4.78, 5) is 0.320. The zero-order valence-electron chi connectivity index (χ0n) is 11.7. The van der Waals surface area contributed by atoms with Crippen molar-refractivity contribution in [2.24, 2.45) is 0 Å². The molecule has 21 heavy (non-hydrogen) atoms. The van der Waals surface area contributed by atoms with E-state index in [0.29, 0.717) is 17.1 Å². The molecule has 0 spiro atoms. The molecular formula is C16H17NO3S. The Morgan fingerprint density at radius 3 is 2.62 bits per heavy atom. The first-order valence-electron chi connectivity index (χ1n) is 6.81. The Morgan fingerprint density at radius 1 is 1.14 bits per heavy atom. The van der Waals surface area contributed by atoms with Crippen LogP contribution in [0.2, 0.25) is 0 Å². The normalized spacial score (nSPS) is 17.1. The molecule has 2 aromatic rings. The number of sulfone groups is 1. The second-order valence-electron chi connectivity index (χ2n) is 5.20. The average Bonchev–Trinajstić information content (AvgIpc) is 2.87. The lowest BCUT2D eigenvalue weighted by Gasteiger charge is -2.15. The van der Waals surface area contributed by atoms with Crippen LogP contribution in [0.15, 0.2) is 53.4 Å². The summed E-state index contributed by atoms with van der Waals surface area (Å²) in [5, 5.41) is 3.19. The first kappa shape index (κ1) is 13.9. The van der Waals surface area contributed by atoms with Gasteiger partial charge in [0.05, 0.1) is 17.1 Å². The van der Waals surface area contributed by atoms with Gasteiger partial charge < -0.3 is 10.1 Å². The Kier molecular flexibility index (Phi) is 3.59. The fourth-order valence-corrected chi connectivity index (χ4v) is 3.39. The Morgan fingerprint density at radius 2 is 1.86 bits per heavy atom. The third-order valence-corrected chi connectivity index (χ3v) is 4.68. The Bertz CT molecular complexity index is 731. The molecule has 1 atom stereocenters. The average molecular weight is 303 g/mol. The lowest BCUT2D eigenvalue weighted by atomic mass is 10.1. The molecular weight excluding hydrogens is 286 g/mol. The molecule has 4 nitrogen and oxygen atoms in total. The second kappa shape index (κ2) is 5.41. The summed E-state index contributed by atoms with van der Waals surface area (Å²) in [6.07, 6.45) is 2.08. The number of para-hydroxylation sites is 2. The molecule has 1 aliphatic heterocycles. The van der Waals surface area contributed by atoms with Gasteiger partial charge in [-0.25, -0.2) is 8.42 Å². The molecule has 1 unspecified atom stereocenters. The summed E-state index contributed by atoms with van der Waals surface area (Å²) >= 11 is 0. The molecule has 0 fully saturated rings. The van der Waals surface area contributed by atoms with Crippen molar-refractivity contribution in [1.29, 1.82) is 0 Å². The van der Waals surface area contributed by atoms with Crippen LogP contribution in [-0.2, 0) is 16.3 Å². The minimum atomic E-state index is -3.24. The van der Waals surface area contributed by atoms with Crippen molar-refractivity contribution in [2.75, 3.05) is 18.1 Å². The lowest BCUT2D eigenvalue weighted by Crippen LogP contribution is -2.24. The Hall–Kier alpha value is -2.01. The number of nitrogens with one attached hydrogen (secondary N) is 1. The van der Waals surface area contributed by atoms with Crippen molar-refractivity contribution < 1.29 is 13.2 Å². The molecule has 0 aliphatic carbocycles. The number of rotatable bonds is 4. The molecule has 1 N–H and O–H groups in total. The minimum Gasteiger partial charge on any atom is -0.488 e. The fourth-order valence-electron chi connectivity index (χ4n) is 2.53. The van der Waals surface area contributed by atoms with Crippen LogP contribution in [0.4, 0.5) is 5.69 Å². The van der Waals surface area contributed by atoms with E-state index >= 15 is 0 Å². The molecule has 0 saturated carbocycles. The lowest BCUT2D eigenvalue weighted by molar-refractivity contribution is 0.246. The van der Waals surface area contributed by atoms with Crippen LogP contribution in [0.1, 0.15) is 5.56 Å². The summed E-state index contributed by atoms with van der Waals surface area (Å²) < 4.78 is 29.4. The van der Waals surface area contributed by atoms with Gasteiger partial charge in [0.25, 0.3) is 0 Å². The van der Waals surface area contributed by atoms with Gasteiger partial charge in [-0.3, -0.25) is 0 Å². The summed E-state index contributed by atoms with van der Waals surface area (Å²) in [5.41, 5.74) is 1.82. The highest BCUT2D eigenvalue weighted by atomic mass is 32.2. The highest BCUT2D eigenvalue weighted by Gasteiger charge is 2.22. The van der Waals surface area contributed by atoms with E-state index in [0.717, 1.165) is 12.2 Å². The summed E-state index contributed by atoms with van der Waals surface area (Å²) in [7, 11) is -3.24. The van der Waals surface area contributed by atoms with E-state index < -0.39 is 9.84 Å². The third-order valence-electron chi connectivity index (χ3n) is 3.52. The molecule has 0 aromatic heterocycles. The molecule has 1 heterocycles. The van der Waals surface area contributed by atoms with Crippen LogP contribution in [0.25, 0.3) is 0 Å². The van der Waals surface area contributed by atoms with E-state index in [2.05, 4.69) is 11.4 Å². The molecule has 1 aliphatic rings. The SMILES string of the molecule is CS(=O)(=O)c1ccccc1NCC1Cc2ccccc2O1. The quantitative estimate of drug-likeness (QED) is 0.943. The Labute approximate surface area is 124 Å². The molecule has 0 radical (unpaired) electrons. The van der Waals surface area contributed by atoms with E-state index in [4.69, 9.17) is 4.74 Å². The number of anilines is 1. The van der Waals surface area contributed by atoms with Crippen LogP contribution in [0.5, 0.6) is 5.75 Å². The topological polar surface area (TPSA) is 55.4 Å². The van der Waals surface area contributed by atoms with Crippen molar-refractivity contribution in [3.63, 3.8) is 0 Å². The van der Waals surface area contributed by atoms with Gasteiger partial charge in [0.15, 0.2) is 9.84 Å². The highest BCUT2D eigenvalue weighted by molar-refractivity contribution is 7.90. The maximum absolute atomic E-state index is 11.8. The minimum absolute atomic E-state index is 0.0232. The number of hydrogen-bond donors (Lipinski definition) is 1. The van der Waals surface area contributed by atoms with Gasteiger partial charge in [0, 0.05) is 12.7 Å². The zero-order chi connectivity index (χ0) is 14.9. The highest BCUT2D eigenvalue weighted by Crippen LogP contribution is 2.28. The van der Waals surface area contributed by atoms with E-state index in [1.165, 1.54) is 11.8 Å². The first-order chi connectivity index (χ1) is 10.0. The molecule has 2 aromatic carbocycles. The number of benzene rings is 2. The van der Waals surface area contributed by atoms with Crippen molar-refractivity contribution in [3.05, 3.63) is 54.1 Å². The van der Waals surface area contributed by atoms with Crippen molar-refractivity contribution in [2.45, 2.75) is 17.4 Å². The molecule has 0 bridgehead atoms. The van der Waals surface area contributed by atoms with Gasteiger partial charge in [0.2, 0.25) is 0 Å². The molecule has 5 heteroatoms. The predicted molar refractivity (Wildman–Crippen MR) is 82.6 cm³/mol. The monoisotopic (exact) mass is 303 g/mol. The van der Waals surface area contributed by atoms with Crippen LogP contribution in [0.3, 0.4) is 0 Å². The van der Waals surface area contributed by atoms with Gasteiger partial charge in [-0.15, -0.1) is 0 Å². The largest absolute Gasteiger partial charge is 0.488 e. The van der Waals surface area contributed by atoms with Gasteiger partial charge in [-0.1, -0.05) is 30.3 Å². The standard InChI is InChI=1S/C16H17NO3S/c1-21(18,19)16-9-5-3-7-14(16)17-11-13-10-12-6-2-4-8-15(12)20-13/h2-9,13,17H,10-11H2,1H3.